The van der Waals surface area contributed by atoms with E-state index in [4.69, 9.17) is 15.7 Å². The second-order valence-corrected chi connectivity index (χ2v) is 3.27. The van der Waals surface area contributed by atoms with E-state index in [-0.39, 0.29) is 6.61 Å². The second kappa shape index (κ2) is 4.85. The van der Waals surface area contributed by atoms with Crippen LogP contribution in [0.3, 0.4) is 0 Å². The number of benzene rings is 1. The van der Waals surface area contributed by atoms with Gasteiger partial charge in [-0.3, -0.25) is 0 Å². The van der Waals surface area contributed by atoms with Gasteiger partial charge in [0, 0.05) is 6.54 Å². The molecule has 0 saturated heterocycles. The van der Waals surface area contributed by atoms with Crippen LogP contribution in [0.15, 0.2) is 22.7 Å². The number of nitrogens with two attached hydrogens (primary N) is 1. The summed E-state index contributed by atoms with van der Waals surface area (Å²) in [6.07, 6.45) is 0. The van der Waals surface area contributed by atoms with Crippen molar-refractivity contribution in [2.24, 2.45) is 5.73 Å². The highest BCUT2D eigenvalue weighted by Crippen LogP contribution is 2.25. The minimum atomic E-state index is 0.0561. The summed E-state index contributed by atoms with van der Waals surface area (Å²) in [4.78, 5) is 0. The molecule has 0 bridgehead atoms. The summed E-state index contributed by atoms with van der Waals surface area (Å²) in [6.45, 7) is 0.553. The highest BCUT2D eigenvalue weighted by atomic mass is 79.9. The average molecular weight is 241 g/mol. The average Bonchev–Trinajstić information content (AvgIpc) is 2.16. The predicted octanol–water partition coefficient (Wildman–Crippen LogP) is 1.81. The lowest BCUT2D eigenvalue weighted by molar-refractivity contribution is 0.365. The van der Waals surface area contributed by atoms with Crippen molar-refractivity contribution in [3.8, 4) is 11.8 Å². The van der Waals surface area contributed by atoms with Crippen LogP contribution in [0.1, 0.15) is 5.56 Å². The number of nitriles is 1. The van der Waals surface area contributed by atoms with E-state index in [0.29, 0.717) is 12.3 Å². The molecule has 0 spiro atoms. The predicted molar refractivity (Wildman–Crippen MR) is 53.1 cm³/mol. The van der Waals surface area contributed by atoms with Crippen molar-refractivity contribution in [2.75, 3.05) is 6.61 Å². The molecule has 13 heavy (non-hydrogen) atoms. The smallest absolute Gasteiger partial charge is 0.174 e. The molecule has 0 aliphatic rings. The van der Waals surface area contributed by atoms with Crippen LogP contribution >= 0.6 is 15.9 Å². The van der Waals surface area contributed by atoms with E-state index in [1.165, 1.54) is 0 Å². The molecule has 0 saturated carbocycles. The van der Waals surface area contributed by atoms with Gasteiger partial charge in [0.2, 0.25) is 0 Å². The Hall–Kier alpha value is -1.05. The molecule has 1 rings (SSSR count). The van der Waals surface area contributed by atoms with Gasteiger partial charge in [0.1, 0.15) is 11.8 Å². The van der Waals surface area contributed by atoms with E-state index in [1.807, 2.05) is 18.2 Å². The highest BCUT2D eigenvalue weighted by molar-refractivity contribution is 9.10. The molecule has 68 valence electrons. The second-order valence-electron chi connectivity index (χ2n) is 2.42. The Morgan fingerprint density at radius 1 is 1.54 bits per heavy atom. The molecule has 0 atom stereocenters. The summed E-state index contributed by atoms with van der Waals surface area (Å²) >= 11 is 3.33. The molecule has 4 heteroatoms. The third kappa shape index (κ3) is 2.72. The third-order valence-corrected chi connectivity index (χ3v) is 2.14. The van der Waals surface area contributed by atoms with E-state index >= 15 is 0 Å². The van der Waals surface area contributed by atoms with E-state index < -0.39 is 0 Å². The first-order valence-corrected chi connectivity index (χ1v) is 4.55. The highest BCUT2D eigenvalue weighted by Gasteiger charge is 2.00. The number of hydrogen-bond acceptors (Lipinski definition) is 3. The van der Waals surface area contributed by atoms with Crippen LogP contribution in [0.25, 0.3) is 0 Å². The molecule has 0 heterocycles. The van der Waals surface area contributed by atoms with Crippen LogP contribution in [0.2, 0.25) is 0 Å². The van der Waals surface area contributed by atoms with Gasteiger partial charge in [0.05, 0.1) is 4.47 Å². The minimum absolute atomic E-state index is 0.0561. The molecule has 2 N–H and O–H groups in total. The lowest BCUT2D eigenvalue weighted by atomic mass is 10.2. The van der Waals surface area contributed by atoms with Crippen molar-refractivity contribution in [3.05, 3.63) is 28.2 Å². The first-order valence-electron chi connectivity index (χ1n) is 3.76. The Balaban J connectivity index is 2.80. The quantitative estimate of drug-likeness (QED) is 0.877. The van der Waals surface area contributed by atoms with Gasteiger partial charge in [-0.25, -0.2) is 0 Å². The maximum absolute atomic E-state index is 8.31. The zero-order valence-corrected chi connectivity index (χ0v) is 8.54. The van der Waals surface area contributed by atoms with Crippen LogP contribution in [-0.2, 0) is 6.54 Å². The zero-order valence-electron chi connectivity index (χ0n) is 6.96. The van der Waals surface area contributed by atoms with Crippen LogP contribution < -0.4 is 10.5 Å². The zero-order chi connectivity index (χ0) is 9.68. The summed E-state index contributed by atoms with van der Waals surface area (Å²) in [7, 11) is 0. The van der Waals surface area contributed by atoms with Crippen molar-refractivity contribution < 1.29 is 4.74 Å². The Morgan fingerprint density at radius 3 is 2.85 bits per heavy atom. The standard InChI is InChI=1S/C9H9BrN2O/c10-8-5-7(6-12)1-2-9(8)13-4-3-11/h1-2,5H,4,6,12H2. The molecule has 3 nitrogen and oxygen atoms in total. The maximum Gasteiger partial charge on any atom is 0.174 e. The molecule has 1 aromatic rings. The van der Waals surface area contributed by atoms with Gasteiger partial charge in [-0.1, -0.05) is 6.07 Å². The summed E-state index contributed by atoms with van der Waals surface area (Å²) in [6, 6.07) is 7.45. The van der Waals surface area contributed by atoms with Crippen LogP contribution in [-0.4, -0.2) is 6.61 Å². The summed E-state index contributed by atoms with van der Waals surface area (Å²) in [5, 5.41) is 8.31. The summed E-state index contributed by atoms with van der Waals surface area (Å²) in [5.74, 6) is 0.666. The van der Waals surface area contributed by atoms with E-state index in [2.05, 4.69) is 15.9 Å². The molecular formula is C9H9BrN2O. The number of hydrogen-bond donors (Lipinski definition) is 1. The largest absolute Gasteiger partial charge is 0.478 e. The SMILES string of the molecule is N#CCOc1ccc(CN)cc1Br. The number of ether oxygens (including phenoxy) is 1. The van der Waals surface area contributed by atoms with Crippen molar-refractivity contribution in [3.63, 3.8) is 0 Å². The van der Waals surface area contributed by atoms with Crippen molar-refractivity contribution in [1.82, 2.24) is 0 Å². The fourth-order valence-corrected chi connectivity index (χ4v) is 1.44. The molecule has 0 aromatic heterocycles. The molecule has 0 aliphatic carbocycles. The molecule has 0 radical (unpaired) electrons. The van der Waals surface area contributed by atoms with Gasteiger partial charge in [-0.15, -0.1) is 0 Å². The molecule has 0 amide bonds. The lowest BCUT2D eigenvalue weighted by Crippen LogP contribution is -1.98. The van der Waals surface area contributed by atoms with E-state index in [1.54, 1.807) is 6.07 Å². The first kappa shape index (κ1) is 10.0. The molecule has 0 unspecified atom stereocenters. The Kier molecular flexibility index (Phi) is 3.74. The van der Waals surface area contributed by atoms with Gasteiger partial charge >= 0.3 is 0 Å². The first-order chi connectivity index (χ1) is 6.27. The fourth-order valence-electron chi connectivity index (χ4n) is 0.898. The number of halogens is 1. The van der Waals surface area contributed by atoms with Crippen LogP contribution in [0, 0.1) is 11.3 Å². The number of rotatable bonds is 3. The Labute approximate surface area is 85.2 Å². The topological polar surface area (TPSA) is 59.0 Å². The van der Waals surface area contributed by atoms with E-state index in [9.17, 15) is 0 Å². The molecule has 0 aliphatic heterocycles. The van der Waals surface area contributed by atoms with Crippen molar-refractivity contribution in [1.29, 1.82) is 5.26 Å². The van der Waals surface area contributed by atoms with Crippen molar-refractivity contribution >= 4 is 15.9 Å². The van der Waals surface area contributed by atoms with Gasteiger partial charge in [0.25, 0.3) is 0 Å². The molecule has 0 fully saturated rings. The lowest BCUT2D eigenvalue weighted by Gasteiger charge is -2.05. The molecule has 1 aromatic carbocycles. The number of nitrogens with zero attached hydrogens (tertiary/aromatic N) is 1. The fraction of sp³-hybridized carbons (Fsp3) is 0.222. The minimum Gasteiger partial charge on any atom is -0.478 e. The Morgan fingerprint density at radius 2 is 2.31 bits per heavy atom. The maximum atomic E-state index is 8.31. The van der Waals surface area contributed by atoms with Gasteiger partial charge in [-0.2, -0.15) is 5.26 Å². The van der Waals surface area contributed by atoms with Crippen molar-refractivity contribution in [2.45, 2.75) is 6.54 Å². The summed E-state index contributed by atoms with van der Waals surface area (Å²) in [5.41, 5.74) is 6.48. The normalized spacial score (nSPS) is 9.31. The van der Waals surface area contributed by atoms with Gasteiger partial charge in [-0.05, 0) is 33.6 Å². The van der Waals surface area contributed by atoms with Crippen LogP contribution in [0.4, 0.5) is 0 Å². The van der Waals surface area contributed by atoms with Crippen LogP contribution in [0.5, 0.6) is 5.75 Å². The third-order valence-electron chi connectivity index (χ3n) is 1.52. The van der Waals surface area contributed by atoms with Gasteiger partial charge in [0.15, 0.2) is 6.61 Å². The van der Waals surface area contributed by atoms with Gasteiger partial charge < -0.3 is 10.5 Å². The summed E-state index contributed by atoms with van der Waals surface area (Å²) < 4.78 is 5.96. The van der Waals surface area contributed by atoms with E-state index in [0.717, 1.165) is 10.0 Å². The Bertz CT molecular complexity index is 333. The molecular weight excluding hydrogens is 232 g/mol. The monoisotopic (exact) mass is 240 g/mol.